The monoisotopic (exact) mass is 401 g/mol. The number of fused-ring (bicyclic) bond motifs is 1. The van der Waals surface area contributed by atoms with Gasteiger partial charge in [0.1, 0.15) is 0 Å². The maximum Gasteiger partial charge on any atom is 0.0456 e. The third-order valence-electron chi connectivity index (χ3n) is 4.21. The molecule has 3 aromatic rings. The first-order valence-corrected chi connectivity index (χ1v) is 9.83. The summed E-state index contributed by atoms with van der Waals surface area (Å²) >= 11 is 3.41. The number of H-pyrrole nitrogens is 1. The van der Waals surface area contributed by atoms with Crippen molar-refractivity contribution in [1.82, 2.24) is 4.98 Å². The number of aryl methyl sites for hydroxylation is 2. The van der Waals surface area contributed by atoms with E-state index in [1.807, 2.05) is 0 Å². The fourth-order valence-electron chi connectivity index (χ4n) is 2.74. The molecule has 0 aliphatic carbocycles. The van der Waals surface area contributed by atoms with Crippen molar-refractivity contribution in [1.29, 1.82) is 0 Å². The molecule has 2 heteroatoms. The van der Waals surface area contributed by atoms with Gasteiger partial charge in [0.15, 0.2) is 0 Å². The van der Waals surface area contributed by atoms with E-state index in [2.05, 4.69) is 89.5 Å². The van der Waals surface area contributed by atoms with Gasteiger partial charge in [-0.3, -0.25) is 0 Å². The van der Waals surface area contributed by atoms with Gasteiger partial charge in [-0.1, -0.05) is 80.4 Å². The number of rotatable bonds is 6. The number of benzene rings is 2. The SMILES string of the molecule is C.CCCCc1c[nH]c2ccccc12.CCCCc1ccc(Br)cc1. The topological polar surface area (TPSA) is 15.8 Å². The Kier molecular flexibility index (Phi) is 10.3. The summed E-state index contributed by atoms with van der Waals surface area (Å²) in [7, 11) is 0. The highest BCUT2D eigenvalue weighted by molar-refractivity contribution is 9.10. The largest absolute Gasteiger partial charge is 0.361 e. The molecule has 0 aliphatic rings. The fourth-order valence-corrected chi connectivity index (χ4v) is 3.00. The molecule has 25 heavy (non-hydrogen) atoms. The summed E-state index contributed by atoms with van der Waals surface area (Å²) in [5.74, 6) is 0. The van der Waals surface area contributed by atoms with E-state index in [0.717, 1.165) is 4.47 Å². The first-order chi connectivity index (χ1) is 11.7. The van der Waals surface area contributed by atoms with Crippen LogP contribution in [0.15, 0.2) is 59.2 Å². The summed E-state index contributed by atoms with van der Waals surface area (Å²) in [4.78, 5) is 3.30. The molecule has 0 amide bonds. The summed E-state index contributed by atoms with van der Waals surface area (Å²) < 4.78 is 1.16. The molecular formula is C23H32BrN. The van der Waals surface area contributed by atoms with E-state index >= 15 is 0 Å². The summed E-state index contributed by atoms with van der Waals surface area (Å²) in [6, 6.07) is 17.1. The molecule has 0 atom stereocenters. The van der Waals surface area contributed by atoms with E-state index in [1.165, 1.54) is 60.6 Å². The standard InChI is InChI=1S/C12H15N.C10H13Br.CH4/c1-2-3-6-10-9-13-12-8-5-4-7-11(10)12;1-2-3-4-9-5-7-10(11)8-6-9;/h4-5,7-9,13H,2-3,6H2,1H3;5-8H,2-4H2,1H3;1H4. The molecule has 0 saturated carbocycles. The number of hydrogen-bond donors (Lipinski definition) is 1. The van der Waals surface area contributed by atoms with Crippen molar-refractivity contribution < 1.29 is 0 Å². The van der Waals surface area contributed by atoms with Crippen LogP contribution in [-0.4, -0.2) is 4.98 Å². The molecule has 0 aliphatic heterocycles. The van der Waals surface area contributed by atoms with Gasteiger partial charge in [0.05, 0.1) is 0 Å². The molecule has 1 heterocycles. The summed E-state index contributed by atoms with van der Waals surface area (Å²) in [5.41, 5.74) is 4.15. The summed E-state index contributed by atoms with van der Waals surface area (Å²) in [6.07, 6.45) is 9.66. The quantitative estimate of drug-likeness (QED) is 0.431. The average molecular weight is 402 g/mol. The van der Waals surface area contributed by atoms with Crippen molar-refractivity contribution in [3.8, 4) is 0 Å². The van der Waals surface area contributed by atoms with Crippen molar-refractivity contribution in [3.63, 3.8) is 0 Å². The molecule has 2 aromatic carbocycles. The van der Waals surface area contributed by atoms with E-state index in [9.17, 15) is 0 Å². The third-order valence-corrected chi connectivity index (χ3v) is 4.74. The van der Waals surface area contributed by atoms with Crippen molar-refractivity contribution in [2.24, 2.45) is 0 Å². The van der Waals surface area contributed by atoms with Crippen molar-refractivity contribution >= 4 is 26.8 Å². The van der Waals surface area contributed by atoms with Gasteiger partial charge in [0, 0.05) is 21.6 Å². The van der Waals surface area contributed by atoms with Crippen LogP contribution in [0.3, 0.4) is 0 Å². The van der Waals surface area contributed by atoms with Crippen LogP contribution in [0.1, 0.15) is 58.1 Å². The average Bonchev–Trinajstić information content (AvgIpc) is 3.03. The molecule has 0 spiro atoms. The Morgan fingerprint density at radius 1 is 0.840 bits per heavy atom. The van der Waals surface area contributed by atoms with Crippen LogP contribution in [0.4, 0.5) is 0 Å². The van der Waals surface area contributed by atoms with Gasteiger partial charge >= 0.3 is 0 Å². The third kappa shape index (κ3) is 7.07. The Bertz CT molecular complexity index is 712. The lowest BCUT2D eigenvalue weighted by atomic mass is 10.1. The van der Waals surface area contributed by atoms with Crippen molar-refractivity contribution in [2.45, 2.75) is 59.8 Å². The minimum atomic E-state index is 0. The van der Waals surface area contributed by atoms with Crippen LogP contribution in [0.5, 0.6) is 0 Å². The van der Waals surface area contributed by atoms with Gasteiger partial charge in [-0.25, -0.2) is 0 Å². The Morgan fingerprint density at radius 3 is 2.16 bits per heavy atom. The second-order valence-electron chi connectivity index (χ2n) is 6.19. The highest BCUT2D eigenvalue weighted by Gasteiger charge is 2.00. The van der Waals surface area contributed by atoms with Gasteiger partial charge in [0.25, 0.3) is 0 Å². The normalized spacial score (nSPS) is 10.0. The van der Waals surface area contributed by atoms with Crippen LogP contribution in [0, 0.1) is 0 Å². The van der Waals surface area contributed by atoms with Crippen LogP contribution >= 0.6 is 15.9 Å². The van der Waals surface area contributed by atoms with Gasteiger partial charge in [-0.15, -0.1) is 0 Å². The number of hydrogen-bond acceptors (Lipinski definition) is 0. The number of para-hydroxylation sites is 1. The van der Waals surface area contributed by atoms with E-state index in [0.29, 0.717) is 0 Å². The number of nitrogens with one attached hydrogen (secondary N) is 1. The molecule has 3 rings (SSSR count). The zero-order valence-electron chi connectivity index (χ0n) is 14.8. The van der Waals surface area contributed by atoms with E-state index < -0.39 is 0 Å². The number of unbranched alkanes of at least 4 members (excludes halogenated alkanes) is 2. The molecule has 1 aromatic heterocycles. The minimum absolute atomic E-state index is 0. The van der Waals surface area contributed by atoms with Crippen LogP contribution < -0.4 is 0 Å². The maximum absolute atomic E-state index is 3.41. The smallest absolute Gasteiger partial charge is 0.0456 e. The first-order valence-electron chi connectivity index (χ1n) is 9.04. The Balaban J connectivity index is 0.000000244. The minimum Gasteiger partial charge on any atom is -0.361 e. The van der Waals surface area contributed by atoms with Gasteiger partial charge in [-0.2, -0.15) is 0 Å². The Hall–Kier alpha value is -1.54. The lowest BCUT2D eigenvalue weighted by Crippen LogP contribution is -1.82. The second-order valence-corrected chi connectivity index (χ2v) is 7.11. The van der Waals surface area contributed by atoms with E-state index in [-0.39, 0.29) is 7.43 Å². The lowest BCUT2D eigenvalue weighted by molar-refractivity contribution is 0.795. The molecule has 1 N–H and O–H groups in total. The molecular weight excluding hydrogens is 370 g/mol. The number of aromatic nitrogens is 1. The van der Waals surface area contributed by atoms with Crippen LogP contribution in [-0.2, 0) is 12.8 Å². The second kappa shape index (κ2) is 11.9. The molecule has 0 saturated heterocycles. The van der Waals surface area contributed by atoms with Crippen molar-refractivity contribution in [3.05, 3.63) is 70.3 Å². The van der Waals surface area contributed by atoms with Gasteiger partial charge < -0.3 is 4.98 Å². The first kappa shape index (κ1) is 21.5. The Labute approximate surface area is 162 Å². The maximum atomic E-state index is 3.41. The Morgan fingerprint density at radius 2 is 1.48 bits per heavy atom. The van der Waals surface area contributed by atoms with Crippen molar-refractivity contribution in [2.75, 3.05) is 0 Å². The zero-order valence-corrected chi connectivity index (χ0v) is 16.4. The fraction of sp³-hybridized carbons (Fsp3) is 0.391. The molecule has 0 fully saturated rings. The molecule has 0 bridgehead atoms. The number of aromatic amines is 1. The van der Waals surface area contributed by atoms with Gasteiger partial charge in [0.2, 0.25) is 0 Å². The predicted molar refractivity (Wildman–Crippen MR) is 116 cm³/mol. The highest BCUT2D eigenvalue weighted by atomic mass is 79.9. The number of halogens is 1. The van der Waals surface area contributed by atoms with Crippen LogP contribution in [0.2, 0.25) is 0 Å². The van der Waals surface area contributed by atoms with Gasteiger partial charge in [-0.05, 0) is 55.0 Å². The lowest BCUT2D eigenvalue weighted by Gasteiger charge is -1.98. The van der Waals surface area contributed by atoms with E-state index in [4.69, 9.17) is 0 Å². The molecule has 1 nitrogen and oxygen atoms in total. The zero-order chi connectivity index (χ0) is 17.2. The summed E-state index contributed by atoms with van der Waals surface area (Å²) in [5, 5.41) is 1.39. The summed E-state index contributed by atoms with van der Waals surface area (Å²) in [6.45, 7) is 4.45. The molecule has 0 radical (unpaired) electrons. The molecule has 0 unspecified atom stereocenters. The predicted octanol–water partition coefficient (Wildman–Crippen LogP) is 7.94. The van der Waals surface area contributed by atoms with E-state index in [1.54, 1.807) is 0 Å². The van der Waals surface area contributed by atoms with Crippen LogP contribution in [0.25, 0.3) is 10.9 Å². The molecule has 136 valence electrons. The highest BCUT2D eigenvalue weighted by Crippen LogP contribution is 2.19.